The minimum Gasteiger partial charge on any atom is -0.305 e. The van der Waals surface area contributed by atoms with E-state index in [1.165, 1.54) is 11.1 Å². The van der Waals surface area contributed by atoms with E-state index >= 15 is 0 Å². The average Bonchev–Trinajstić information content (AvgIpc) is 2.49. The number of nitrogens with one attached hydrogen (secondary N) is 1. The van der Waals surface area contributed by atoms with Crippen molar-refractivity contribution in [3.8, 4) is 0 Å². The molecule has 1 unspecified atom stereocenters. The maximum absolute atomic E-state index is 3.68. The minimum absolute atomic E-state index is 0.275. The summed E-state index contributed by atoms with van der Waals surface area (Å²) in [6, 6.07) is 21.6. The summed E-state index contributed by atoms with van der Waals surface area (Å²) in [7, 11) is 0. The second kappa shape index (κ2) is 7.37. The Labute approximate surface area is 120 Å². The third-order valence-electron chi connectivity index (χ3n) is 3.28. The maximum atomic E-state index is 3.68. The van der Waals surface area contributed by atoms with Crippen LogP contribution < -0.4 is 5.32 Å². The van der Waals surface area contributed by atoms with Crippen molar-refractivity contribution >= 4 is 11.8 Å². The highest BCUT2D eigenvalue weighted by atomic mass is 32.2. The first-order valence-electron chi connectivity index (χ1n) is 6.67. The number of benzene rings is 2. The molecule has 1 N–H and O–H groups in total. The fourth-order valence-corrected chi connectivity index (χ4v) is 2.35. The van der Waals surface area contributed by atoms with Crippen molar-refractivity contribution < 1.29 is 0 Å². The Bertz CT molecular complexity index is 430. The normalized spacial score (nSPS) is 12.6. The molecule has 0 aliphatic heterocycles. The maximum Gasteiger partial charge on any atom is 0.0577 e. The highest BCUT2D eigenvalue weighted by Gasteiger charge is 2.13. The lowest BCUT2D eigenvalue weighted by molar-refractivity contribution is 0.605. The lowest BCUT2D eigenvalue weighted by Gasteiger charge is -2.21. The molecule has 0 heterocycles. The van der Waals surface area contributed by atoms with Crippen LogP contribution in [-0.4, -0.2) is 18.1 Å². The Morgan fingerprint density at radius 3 is 1.79 bits per heavy atom. The average molecular weight is 271 g/mol. The molecule has 19 heavy (non-hydrogen) atoms. The Balaban J connectivity index is 2.19. The smallest absolute Gasteiger partial charge is 0.0577 e. The first-order valence-corrected chi connectivity index (χ1v) is 7.96. The largest absolute Gasteiger partial charge is 0.305 e. The van der Waals surface area contributed by atoms with Crippen LogP contribution in [-0.2, 0) is 0 Å². The molecule has 0 saturated heterocycles. The Morgan fingerprint density at radius 2 is 1.37 bits per heavy atom. The van der Waals surface area contributed by atoms with Crippen molar-refractivity contribution in [2.24, 2.45) is 0 Å². The quantitative estimate of drug-likeness (QED) is 0.848. The molecule has 0 spiro atoms. The van der Waals surface area contributed by atoms with Gasteiger partial charge in [-0.2, -0.15) is 11.8 Å². The zero-order chi connectivity index (χ0) is 13.5. The topological polar surface area (TPSA) is 12.0 Å². The van der Waals surface area contributed by atoms with E-state index in [4.69, 9.17) is 0 Å². The Morgan fingerprint density at radius 1 is 0.895 bits per heavy atom. The van der Waals surface area contributed by atoms with Crippen molar-refractivity contribution in [1.29, 1.82) is 0 Å². The van der Waals surface area contributed by atoms with E-state index in [2.05, 4.69) is 79.2 Å². The molecule has 0 radical (unpaired) electrons. The molecule has 0 fully saturated rings. The lowest BCUT2D eigenvalue weighted by Crippen LogP contribution is -2.28. The van der Waals surface area contributed by atoms with Gasteiger partial charge in [0.1, 0.15) is 0 Å². The van der Waals surface area contributed by atoms with Gasteiger partial charge in [0.15, 0.2) is 0 Å². The van der Waals surface area contributed by atoms with Gasteiger partial charge in [-0.15, -0.1) is 0 Å². The van der Waals surface area contributed by atoms with E-state index in [1.807, 2.05) is 11.8 Å². The summed E-state index contributed by atoms with van der Waals surface area (Å²) in [4.78, 5) is 0. The van der Waals surface area contributed by atoms with Gasteiger partial charge in [0.2, 0.25) is 0 Å². The Kier molecular flexibility index (Phi) is 5.49. The van der Waals surface area contributed by atoms with Crippen molar-refractivity contribution in [2.75, 3.05) is 12.8 Å². The zero-order valence-electron chi connectivity index (χ0n) is 11.5. The monoisotopic (exact) mass is 271 g/mol. The molecule has 0 bridgehead atoms. The summed E-state index contributed by atoms with van der Waals surface area (Å²) < 4.78 is 0. The molecule has 1 atom stereocenters. The van der Waals surface area contributed by atoms with Gasteiger partial charge in [-0.1, -0.05) is 67.6 Å². The third-order valence-corrected chi connectivity index (χ3v) is 4.25. The van der Waals surface area contributed by atoms with E-state index in [1.54, 1.807) is 0 Å². The number of rotatable bonds is 6. The van der Waals surface area contributed by atoms with Crippen LogP contribution in [0.3, 0.4) is 0 Å². The molecule has 2 aromatic rings. The van der Waals surface area contributed by atoms with E-state index in [-0.39, 0.29) is 6.04 Å². The fourth-order valence-electron chi connectivity index (χ4n) is 2.09. The lowest BCUT2D eigenvalue weighted by atomic mass is 9.99. The molecule has 2 rings (SSSR count). The molecular weight excluding hydrogens is 250 g/mol. The van der Waals surface area contributed by atoms with Crippen LogP contribution in [0.15, 0.2) is 60.7 Å². The molecule has 100 valence electrons. The summed E-state index contributed by atoms with van der Waals surface area (Å²) in [5, 5.41) is 4.30. The second-order valence-corrected chi connectivity index (χ2v) is 5.99. The predicted octanol–water partition coefficient (Wildman–Crippen LogP) is 4.12. The fraction of sp³-hybridized carbons (Fsp3) is 0.294. The van der Waals surface area contributed by atoms with Crippen LogP contribution in [0.2, 0.25) is 0 Å². The summed E-state index contributed by atoms with van der Waals surface area (Å²) in [5.41, 5.74) is 2.64. The van der Waals surface area contributed by atoms with Gasteiger partial charge in [0, 0.05) is 11.8 Å². The molecule has 1 nitrogen and oxygen atoms in total. The van der Waals surface area contributed by atoms with Crippen molar-refractivity contribution in [3.05, 3.63) is 71.8 Å². The number of hydrogen-bond acceptors (Lipinski definition) is 2. The van der Waals surface area contributed by atoms with Crippen LogP contribution in [0.5, 0.6) is 0 Å². The van der Waals surface area contributed by atoms with Gasteiger partial charge in [-0.05, 0) is 17.4 Å². The molecule has 2 aromatic carbocycles. The SMILES string of the molecule is CSC(C)CNC(c1ccccc1)c1ccccc1. The van der Waals surface area contributed by atoms with Crippen LogP contribution in [0, 0.1) is 0 Å². The van der Waals surface area contributed by atoms with Crippen molar-refractivity contribution in [2.45, 2.75) is 18.2 Å². The molecule has 0 aromatic heterocycles. The standard InChI is InChI=1S/C17H21NS/c1-14(19-2)13-18-17(15-9-5-3-6-10-15)16-11-7-4-8-12-16/h3-12,14,17-18H,13H2,1-2H3. The Hall–Kier alpha value is -1.25. The number of thioether (sulfide) groups is 1. The molecule has 0 aliphatic carbocycles. The zero-order valence-corrected chi connectivity index (χ0v) is 12.4. The van der Waals surface area contributed by atoms with Crippen LogP contribution in [0.25, 0.3) is 0 Å². The highest BCUT2D eigenvalue weighted by Crippen LogP contribution is 2.22. The van der Waals surface area contributed by atoms with Gasteiger partial charge in [0.25, 0.3) is 0 Å². The van der Waals surface area contributed by atoms with Gasteiger partial charge in [-0.25, -0.2) is 0 Å². The molecule has 0 amide bonds. The summed E-state index contributed by atoms with van der Waals surface area (Å²) in [6.45, 7) is 3.26. The van der Waals surface area contributed by atoms with Crippen molar-refractivity contribution in [3.63, 3.8) is 0 Å². The van der Waals surface area contributed by atoms with Crippen LogP contribution >= 0.6 is 11.8 Å². The van der Waals surface area contributed by atoms with E-state index in [0.717, 1.165) is 6.54 Å². The molecule has 0 saturated carbocycles. The number of hydrogen-bond donors (Lipinski definition) is 1. The first-order chi connectivity index (χ1) is 9.31. The minimum atomic E-state index is 0.275. The second-order valence-electron chi connectivity index (χ2n) is 4.71. The van der Waals surface area contributed by atoms with E-state index < -0.39 is 0 Å². The molecular formula is C17H21NS. The van der Waals surface area contributed by atoms with Crippen LogP contribution in [0.1, 0.15) is 24.1 Å². The van der Waals surface area contributed by atoms with Crippen molar-refractivity contribution in [1.82, 2.24) is 5.32 Å². The summed E-state index contributed by atoms with van der Waals surface area (Å²) >= 11 is 1.89. The van der Waals surface area contributed by atoms with E-state index in [9.17, 15) is 0 Å². The third kappa shape index (κ3) is 4.12. The first kappa shape index (κ1) is 14.2. The van der Waals surface area contributed by atoms with Gasteiger partial charge in [-0.3, -0.25) is 0 Å². The highest BCUT2D eigenvalue weighted by molar-refractivity contribution is 7.99. The molecule has 0 aliphatic rings. The van der Waals surface area contributed by atoms with Gasteiger partial charge in [0.05, 0.1) is 6.04 Å². The summed E-state index contributed by atoms with van der Waals surface area (Å²) in [5.74, 6) is 0. The van der Waals surface area contributed by atoms with Gasteiger partial charge >= 0.3 is 0 Å². The van der Waals surface area contributed by atoms with Crippen LogP contribution in [0.4, 0.5) is 0 Å². The molecule has 2 heteroatoms. The van der Waals surface area contributed by atoms with E-state index in [0.29, 0.717) is 5.25 Å². The summed E-state index contributed by atoms with van der Waals surface area (Å²) in [6.07, 6.45) is 2.16. The predicted molar refractivity (Wildman–Crippen MR) is 85.7 cm³/mol. The van der Waals surface area contributed by atoms with Gasteiger partial charge < -0.3 is 5.32 Å².